The van der Waals surface area contributed by atoms with Gasteiger partial charge in [0.1, 0.15) is 0 Å². The molecule has 0 aliphatic carbocycles. The van der Waals surface area contributed by atoms with Crippen LogP contribution in [0.5, 0.6) is 0 Å². The van der Waals surface area contributed by atoms with Crippen LogP contribution in [0.2, 0.25) is 0 Å². The Balaban J connectivity index is 1.59. The summed E-state index contributed by atoms with van der Waals surface area (Å²) >= 11 is 0. The zero-order valence-corrected chi connectivity index (χ0v) is 14.8. The van der Waals surface area contributed by atoms with E-state index < -0.39 is 0 Å². The fourth-order valence-electron chi connectivity index (χ4n) is 3.06. The molecular weight excluding hydrogens is 314 g/mol. The van der Waals surface area contributed by atoms with E-state index in [1.807, 2.05) is 24.1 Å². The molecule has 0 unspecified atom stereocenters. The highest BCUT2D eigenvalue weighted by atomic mass is 16.3. The van der Waals surface area contributed by atoms with Gasteiger partial charge in [-0.3, -0.25) is 4.68 Å². The summed E-state index contributed by atoms with van der Waals surface area (Å²) in [6.07, 6.45) is 5.61. The van der Waals surface area contributed by atoms with E-state index in [-0.39, 0.29) is 6.61 Å². The van der Waals surface area contributed by atoms with Crippen LogP contribution in [0.4, 0.5) is 0 Å². The van der Waals surface area contributed by atoms with Gasteiger partial charge in [0.25, 0.3) is 0 Å². The summed E-state index contributed by atoms with van der Waals surface area (Å²) in [5.74, 6) is 0. The van der Waals surface area contributed by atoms with Crippen LogP contribution in [0.15, 0.2) is 43.0 Å². The Morgan fingerprint density at radius 1 is 1.16 bits per heavy atom. The van der Waals surface area contributed by atoms with E-state index in [1.54, 1.807) is 6.20 Å². The predicted octanol–water partition coefficient (Wildman–Crippen LogP) is 2.03. The molecule has 0 aliphatic rings. The maximum Gasteiger partial charge on any atom is 0.0949 e. The second kappa shape index (κ2) is 8.09. The summed E-state index contributed by atoms with van der Waals surface area (Å²) in [5.41, 5.74) is 5.87. The molecule has 0 aliphatic heterocycles. The monoisotopic (exact) mass is 339 g/mol. The van der Waals surface area contributed by atoms with Gasteiger partial charge in [0.05, 0.1) is 25.2 Å². The molecule has 0 radical (unpaired) electrons. The van der Waals surface area contributed by atoms with Crippen molar-refractivity contribution in [2.45, 2.75) is 40.0 Å². The number of aliphatic hydroxyl groups excluding tert-OH is 1. The van der Waals surface area contributed by atoms with E-state index in [0.717, 1.165) is 31.0 Å². The molecule has 1 aromatic carbocycles. The second-order valence-electron chi connectivity index (χ2n) is 6.25. The molecule has 0 bridgehead atoms. The van der Waals surface area contributed by atoms with Crippen LogP contribution in [-0.2, 0) is 26.2 Å². The first-order valence-electron chi connectivity index (χ1n) is 8.55. The number of nitrogens with one attached hydrogen (secondary N) is 1. The van der Waals surface area contributed by atoms with Crippen molar-refractivity contribution in [3.8, 4) is 0 Å². The SMILES string of the molecule is Cc1nn(CCO)c(C)c1CNCc1cccc(Cn2ccnc2)c1. The average Bonchev–Trinajstić information content (AvgIpc) is 3.19. The Bertz CT molecular complexity index is 807. The van der Waals surface area contributed by atoms with Crippen LogP contribution >= 0.6 is 0 Å². The molecule has 2 N–H and O–H groups in total. The standard InChI is InChI=1S/C19H25N5O/c1-15-19(16(2)24(22-15)8-9-25)12-21-11-17-4-3-5-18(10-17)13-23-7-6-20-14-23/h3-7,10,14,21,25H,8-9,11-13H2,1-2H3. The molecule has 0 spiro atoms. The molecule has 132 valence electrons. The van der Waals surface area contributed by atoms with E-state index in [0.29, 0.717) is 6.54 Å². The molecular formula is C19H25N5O. The normalized spacial score (nSPS) is 11.2. The number of nitrogens with zero attached hydrogens (tertiary/aromatic N) is 4. The molecule has 6 heteroatoms. The summed E-state index contributed by atoms with van der Waals surface area (Å²) in [7, 11) is 0. The second-order valence-corrected chi connectivity index (χ2v) is 6.25. The van der Waals surface area contributed by atoms with Gasteiger partial charge in [0.2, 0.25) is 0 Å². The minimum absolute atomic E-state index is 0.110. The van der Waals surface area contributed by atoms with Gasteiger partial charge in [-0.25, -0.2) is 4.98 Å². The molecule has 2 aromatic heterocycles. The van der Waals surface area contributed by atoms with Gasteiger partial charge in [-0.2, -0.15) is 5.10 Å². The van der Waals surface area contributed by atoms with E-state index in [2.05, 4.69) is 51.2 Å². The summed E-state index contributed by atoms with van der Waals surface area (Å²) < 4.78 is 3.94. The molecule has 0 saturated carbocycles. The topological polar surface area (TPSA) is 67.9 Å². The Morgan fingerprint density at radius 2 is 2.00 bits per heavy atom. The summed E-state index contributed by atoms with van der Waals surface area (Å²) in [4.78, 5) is 4.08. The fourth-order valence-corrected chi connectivity index (χ4v) is 3.06. The van der Waals surface area contributed by atoms with Crippen molar-refractivity contribution in [2.75, 3.05) is 6.61 Å². The first-order chi connectivity index (χ1) is 12.2. The fraction of sp³-hybridized carbons (Fsp3) is 0.368. The van der Waals surface area contributed by atoms with E-state index in [4.69, 9.17) is 5.11 Å². The third-order valence-electron chi connectivity index (χ3n) is 4.39. The van der Waals surface area contributed by atoms with Crippen molar-refractivity contribution >= 4 is 0 Å². The Labute approximate surface area is 148 Å². The van der Waals surface area contributed by atoms with Crippen LogP contribution in [0.3, 0.4) is 0 Å². The zero-order valence-electron chi connectivity index (χ0n) is 14.8. The van der Waals surface area contributed by atoms with Gasteiger partial charge >= 0.3 is 0 Å². The van der Waals surface area contributed by atoms with Crippen molar-refractivity contribution in [1.29, 1.82) is 0 Å². The van der Waals surface area contributed by atoms with Crippen molar-refractivity contribution in [3.05, 3.63) is 71.1 Å². The van der Waals surface area contributed by atoms with Crippen molar-refractivity contribution < 1.29 is 5.11 Å². The molecule has 0 fully saturated rings. The van der Waals surface area contributed by atoms with Crippen LogP contribution in [0.1, 0.15) is 28.1 Å². The molecule has 25 heavy (non-hydrogen) atoms. The summed E-state index contributed by atoms with van der Waals surface area (Å²) in [5, 5.41) is 17.1. The number of hydrogen-bond acceptors (Lipinski definition) is 4. The number of imidazole rings is 1. The minimum Gasteiger partial charge on any atom is -0.394 e. The number of benzene rings is 1. The lowest BCUT2D eigenvalue weighted by Crippen LogP contribution is -2.14. The minimum atomic E-state index is 0.110. The Hall–Kier alpha value is -2.44. The zero-order chi connectivity index (χ0) is 17.6. The molecule has 3 rings (SSSR count). The van der Waals surface area contributed by atoms with Crippen molar-refractivity contribution in [2.24, 2.45) is 0 Å². The molecule has 3 aromatic rings. The number of aryl methyl sites for hydroxylation is 1. The van der Waals surface area contributed by atoms with E-state index in [1.165, 1.54) is 16.7 Å². The van der Waals surface area contributed by atoms with E-state index in [9.17, 15) is 0 Å². The maximum absolute atomic E-state index is 9.10. The van der Waals surface area contributed by atoms with Gasteiger partial charge in [0, 0.05) is 43.3 Å². The highest BCUT2D eigenvalue weighted by molar-refractivity contribution is 5.26. The maximum atomic E-state index is 9.10. The van der Waals surface area contributed by atoms with E-state index >= 15 is 0 Å². The van der Waals surface area contributed by atoms with Crippen LogP contribution in [0, 0.1) is 13.8 Å². The summed E-state index contributed by atoms with van der Waals surface area (Å²) in [6.45, 7) is 7.14. The average molecular weight is 339 g/mol. The highest BCUT2D eigenvalue weighted by Gasteiger charge is 2.10. The van der Waals surface area contributed by atoms with Gasteiger partial charge in [-0.1, -0.05) is 24.3 Å². The number of hydrogen-bond donors (Lipinski definition) is 2. The smallest absolute Gasteiger partial charge is 0.0949 e. The van der Waals surface area contributed by atoms with Crippen molar-refractivity contribution in [3.63, 3.8) is 0 Å². The van der Waals surface area contributed by atoms with Gasteiger partial charge < -0.3 is 15.0 Å². The number of rotatable bonds is 8. The quantitative estimate of drug-likeness (QED) is 0.659. The largest absolute Gasteiger partial charge is 0.394 e. The molecule has 0 saturated heterocycles. The highest BCUT2D eigenvalue weighted by Crippen LogP contribution is 2.13. The third kappa shape index (κ3) is 4.35. The lowest BCUT2D eigenvalue weighted by atomic mass is 10.1. The van der Waals surface area contributed by atoms with Gasteiger partial charge in [0.15, 0.2) is 0 Å². The molecule has 0 atom stereocenters. The predicted molar refractivity (Wildman–Crippen MR) is 97.1 cm³/mol. The molecule has 2 heterocycles. The molecule has 0 amide bonds. The van der Waals surface area contributed by atoms with Crippen LogP contribution in [0.25, 0.3) is 0 Å². The third-order valence-corrected chi connectivity index (χ3v) is 4.39. The summed E-state index contributed by atoms with van der Waals surface area (Å²) in [6, 6.07) is 8.59. The lowest BCUT2D eigenvalue weighted by Gasteiger charge is -2.09. The lowest BCUT2D eigenvalue weighted by molar-refractivity contribution is 0.267. The van der Waals surface area contributed by atoms with Gasteiger partial charge in [-0.05, 0) is 25.0 Å². The Kier molecular flexibility index (Phi) is 5.63. The van der Waals surface area contributed by atoms with Gasteiger partial charge in [-0.15, -0.1) is 0 Å². The first kappa shape index (κ1) is 17.4. The number of aliphatic hydroxyl groups is 1. The number of aromatic nitrogens is 4. The van der Waals surface area contributed by atoms with Crippen molar-refractivity contribution in [1.82, 2.24) is 24.6 Å². The van der Waals surface area contributed by atoms with Crippen LogP contribution in [-0.4, -0.2) is 31.0 Å². The first-order valence-corrected chi connectivity index (χ1v) is 8.55. The van der Waals surface area contributed by atoms with Crippen LogP contribution < -0.4 is 5.32 Å². The Morgan fingerprint density at radius 3 is 2.76 bits per heavy atom. The molecule has 6 nitrogen and oxygen atoms in total.